The molecule has 0 bridgehead atoms. The lowest BCUT2D eigenvalue weighted by Crippen LogP contribution is -2.17. The highest BCUT2D eigenvalue weighted by Gasteiger charge is 2.16. The Balaban J connectivity index is 1.88. The van der Waals surface area contributed by atoms with Gasteiger partial charge in [0.25, 0.3) is 0 Å². The minimum atomic E-state index is 0.240. The van der Waals surface area contributed by atoms with Gasteiger partial charge in [0.15, 0.2) is 0 Å². The topological polar surface area (TPSA) is 26.0 Å². The fourth-order valence-electron chi connectivity index (χ4n) is 2.83. The first-order valence-electron chi connectivity index (χ1n) is 6.74. The van der Waals surface area contributed by atoms with Crippen molar-refractivity contribution in [3.05, 3.63) is 70.8 Å². The van der Waals surface area contributed by atoms with Gasteiger partial charge in [-0.3, -0.25) is 0 Å². The second-order valence-electron chi connectivity index (χ2n) is 5.19. The predicted octanol–water partition coefficient (Wildman–Crippen LogP) is 3.61. The first kappa shape index (κ1) is 11.5. The molecule has 0 saturated carbocycles. The number of benzene rings is 2. The average molecular weight is 237 g/mol. The van der Waals surface area contributed by atoms with E-state index in [0.717, 1.165) is 12.8 Å². The molecule has 0 fully saturated rings. The van der Waals surface area contributed by atoms with E-state index in [9.17, 15) is 0 Å². The number of hydrogen-bond donors (Lipinski definition) is 1. The summed E-state index contributed by atoms with van der Waals surface area (Å²) in [6.45, 7) is 0. The van der Waals surface area contributed by atoms with Crippen molar-refractivity contribution in [2.75, 3.05) is 0 Å². The van der Waals surface area contributed by atoms with E-state index in [1.165, 1.54) is 35.1 Å². The van der Waals surface area contributed by atoms with Crippen molar-refractivity contribution in [1.29, 1.82) is 0 Å². The largest absolute Gasteiger partial charge is 0.324 e. The molecule has 0 heterocycles. The van der Waals surface area contributed by atoms with E-state index in [4.69, 9.17) is 5.73 Å². The number of hydrogen-bond acceptors (Lipinski definition) is 1. The molecular weight excluding hydrogens is 218 g/mol. The highest BCUT2D eigenvalue weighted by molar-refractivity contribution is 5.38. The lowest BCUT2D eigenvalue weighted by Gasteiger charge is -2.23. The molecule has 0 radical (unpaired) electrons. The normalized spacial score (nSPS) is 18.4. The first-order chi connectivity index (χ1) is 8.83. The molecule has 1 heteroatoms. The van der Waals surface area contributed by atoms with Crippen LogP contribution in [-0.4, -0.2) is 0 Å². The minimum Gasteiger partial charge on any atom is -0.324 e. The van der Waals surface area contributed by atoms with Gasteiger partial charge in [-0.2, -0.15) is 0 Å². The van der Waals surface area contributed by atoms with Crippen molar-refractivity contribution in [1.82, 2.24) is 0 Å². The van der Waals surface area contributed by atoms with Gasteiger partial charge in [0, 0.05) is 6.04 Å². The van der Waals surface area contributed by atoms with Gasteiger partial charge in [0.1, 0.15) is 0 Å². The van der Waals surface area contributed by atoms with Gasteiger partial charge in [-0.25, -0.2) is 0 Å². The quantitative estimate of drug-likeness (QED) is 0.848. The van der Waals surface area contributed by atoms with Crippen LogP contribution in [0.25, 0.3) is 0 Å². The van der Waals surface area contributed by atoms with Crippen LogP contribution in [-0.2, 0) is 12.8 Å². The Kier molecular flexibility index (Phi) is 3.16. The molecule has 3 rings (SSSR count). The monoisotopic (exact) mass is 237 g/mol. The van der Waals surface area contributed by atoms with Crippen molar-refractivity contribution < 1.29 is 0 Å². The van der Waals surface area contributed by atoms with Crippen molar-refractivity contribution in [3.8, 4) is 0 Å². The zero-order valence-electron chi connectivity index (χ0n) is 10.6. The molecule has 18 heavy (non-hydrogen) atoms. The molecule has 1 nitrogen and oxygen atoms in total. The second kappa shape index (κ2) is 4.95. The van der Waals surface area contributed by atoms with Gasteiger partial charge in [-0.05, 0) is 47.9 Å². The number of fused-ring (bicyclic) bond motifs is 1. The lowest BCUT2D eigenvalue weighted by molar-refractivity contribution is 0.570. The van der Waals surface area contributed by atoms with E-state index < -0.39 is 0 Å². The number of nitrogens with two attached hydrogens (primary N) is 1. The fraction of sp³-hybridized carbons (Fsp3) is 0.294. The smallest absolute Gasteiger partial charge is 0.0297 e. The van der Waals surface area contributed by atoms with Crippen LogP contribution in [0.2, 0.25) is 0 Å². The zero-order chi connectivity index (χ0) is 12.4. The highest BCUT2D eigenvalue weighted by Crippen LogP contribution is 2.29. The fourth-order valence-corrected chi connectivity index (χ4v) is 2.83. The molecule has 0 aromatic heterocycles. The third kappa shape index (κ3) is 2.32. The second-order valence-corrected chi connectivity index (χ2v) is 5.19. The molecule has 1 aliphatic rings. The van der Waals surface area contributed by atoms with E-state index in [1.54, 1.807) is 0 Å². The lowest BCUT2D eigenvalue weighted by atomic mass is 9.86. The van der Waals surface area contributed by atoms with Gasteiger partial charge < -0.3 is 5.73 Å². The third-order valence-corrected chi connectivity index (χ3v) is 3.82. The Morgan fingerprint density at radius 3 is 2.67 bits per heavy atom. The van der Waals surface area contributed by atoms with Crippen LogP contribution in [0.5, 0.6) is 0 Å². The summed E-state index contributed by atoms with van der Waals surface area (Å²) < 4.78 is 0. The standard InChI is InChI=1S/C17H19N/c18-17-8-4-7-15-10-9-14(12-16(15)17)11-13-5-2-1-3-6-13/h1-3,5-6,9-10,12,17H,4,7-8,11,18H2/t17-/m1/s1. The van der Waals surface area contributed by atoms with Crippen LogP contribution in [0.4, 0.5) is 0 Å². The summed E-state index contributed by atoms with van der Waals surface area (Å²) >= 11 is 0. The van der Waals surface area contributed by atoms with Crippen molar-refractivity contribution in [2.24, 2.45) is 5.73 Å². The van der Waals surface area contributed by atoms with Crippen LogP contribution in [0, 0.1) is 0 Å². The van der Waals surface area contributed by atoms with E-state index >= 15 is 0 Å². The summed E-state index contributed by atoms with van der Waals surface area (Å²) in [7, 11) is 0. The Morgan fingerprint density at radius 2 is 1.83 bits per heavy atom. The molecule has 0 saturated heterocycles. The van der Waals surface area contributed by atoms with Gasteiger partial charge >= 0.3 is 0 Å². The number of rotatable bonds is 2. The third-order valence-electron chi connectivity index (χ3n) is 3.82. The highest BCUT2D eigenvalue weighted by atomic mass is 14.6. The molecule has 2 aromatic rings. The molecule has 0 unspecified atom stereocenters. The van der Waals surface area contributed by atoms with E-state index in [0.29, 0.717) is 0 Å². The Hall–Kier alpha value is -1.60. The summed E-state index contributed by atoms with van der Waals surface area (Å²) in [6.07, 6.45) is 4.55. The average Bonchev–Trinajstić information content (AvgIpc) is 2.41. The molecule has 0 amide bonds. The molecular formula is C17H19N. The first-order valence-corrected chi connectivity index (χ1v) is 6.74. The van der Waals surface area contributed by atoms with Gasteiger partial charge in [0.2, 0.25) is 0 Å². The van der Waals surface area contributed by atoms with Gasteiger partial charge in [-0.1, -0.05) is 48.5 Å². The summed E-state index contributed by atoms with van der Waals surface area (Å²) in [5.41, 5.74) is 11.8. The van der Waals surface area contributed by atoms with Crippen LogP contribution in [0.1, 0.15) is 41.1 Å². The maximum Gasteiger partial charge on any atom is 0.0297 e. The maximum absolute atomic E-state index is 6.21. The summed E-state index contributed by atoms with van der Waals surface area (Å²) in [6, 6.07) is 17.7. The molecule has 2 N–H and O–H groups in total. The van der Waals surface area contributed by atoms with E-state index in [1.807, 2.05) is 0 Å². The van der Waals surface area contributed by atoms with Crippen molar-refractivity contribution >= 4 is 0 Å². The molecule has 92 valence electrons. The minimum absolute atomic E-state index is 0.240. The molecule has 0 spiro atoms. The zero-order valence-corrected chi connectivity index (χ0v) is 10.6. The molecule has 0 aliphatic heterocycles. The Bertz CT molecular complexity index is 531. The van der Waals surface area contributed by atoms with Crippen LogP contribution < -0.4 is 5.73 Å². The maximum atomic E-state index is 6.21. The van der Waals surface area contributed by atoms with E-state index in [-0.39, 0.29) is 6.04 Å². The molecule has 1 aliphatic carbocycles. The number of aryl methyl sites for hydroxylation is 1. The van der Waals surface area contributed by atoms with Gasteiger partial charge in [0.05, 0.1) is 0 Å². The Morgan fingerprint density at radius 1 is 1.00 bits per heavy atom. The molecule has 1 atom stereocenters. The van der Waals surface area contributed by atoms with Crippen LogP contribution >= 0.6 is 0 Å². The van der Waals surface area contributed by atoms with Gasteiger partial charge in [-0.15, -0.1) is 0 Å². The van der Waals surface area contributed by atoms with Crippen molar-refractivity contribution in [3.63, 3.8) is 0 Å². The Labute approximate surface area is 109 Å². The summed E-state index contributed by atoms with van der Waals surface area (Å²) in [5, 5.41) is 0. The van der Waals surface area contributed by atoms with E-state index in [2.05, 4.69) is 48.5 Å². The van der Waals surface area contributed by atoms with Crippen molar-refractivity contribution in [2.45, 2.75) is 31.7 Å². The summed E-state index contributed by atoms with van der Waals surface area (Å²) in [4.78, 5) is 0. The molecule has 2 aromatic carbocycles. The van der Waals surface area contributed by atoms with Crippen LogP contribution in [0.15, 0.2) is 48.5 Å². The SMILES string of the molecule is N[C@@H]1CCCc2ccc(Cc3ccccc3)cc21. The van der Waals surface area contributed by atoms with Crippen LogP contribution in [0.3, 0.4) is 0 Å². The predicted molar refractivity (Wildman–Crippen MR) is 75.6 cm³/mol. The summed E-state index contributed by atoms with van der Waals surface area (Å²) in [5.74, 6) is 0.